The molecule has 0 radical (unpaired) electrons. The molecular formula is C9H19IO. The van der Waals surface area contributed by atoms with Crippen molar-refractivity contribution < 1.29 is 5.11 Å². The average Bonchev–Trinajstić information content (AvgIpc) is 1.96. The lowest BCUT2D eigenvalue weighted by molar-refractivity contribution is 0.180. The van der Waals surface area contributed by atoms with Crippen LogP contribution in [0.3, 0.4) is 0 Å². The molecule has 0 amide bonds. The third-order valence-electron chi connectivity index (χ3n) is 1.76. The lowest BCUT2D eigenvalue weighted by Gasteiger charge is -2.02. The quantitative estimate of drug-likeness (QED) is 0.428. The van der Waals surface area contributed by atoms with Crippen LogP contribution in [0.1, 0.15) is 45.4 Å². The van der Waals surface area contributed by atoms with Crippen molar-refractivity contribution in [2.45, 2.75) is 51.6 Å². The summed E-state index contributed by atoms with van der Waals surface area (Å²) in [5, 5.41) is 8.95. The van der Waals surface area contributed by atoms with Gasteiger partial charge >= 0.3 is 0 Å². The molecule has 0 aliphatic heterocycles. The van der Waals surface area contributed by atoms with E-state index in [9.17, 15) is 0 Å². The highest BCUT2D eigenvalue weighted by Crippen LogP contribution is 2.07. The predicted molar refractivity (Wildman–Crippen MR) is 58.3 cm³/mol. The summed E-state index contributed by atoms with van der Waals surface area (Å²) in [5.74, 6) is 0. The highest BCUT2D eigenvalue weighted by atomic mass is 127. The molecule has 0 unspecified atom stereocenters. The van der Waals surface area contributed by atoms with Crippen molar-refractivity contribution in [1.29, 1.82) is 0 Å². The maximum absolute atomic E-state index is 8.95. The molecule has 0 aromatic carbocycles. The molecule has 0 heterocycles. The molecule has 0 saturated carbocycles. The van der Waals surface area contributed by atoms with E-state index in [0.29, 0.717) is 0 Å². The van der Waals surface area contributed by atoms with Gasteiger partial charge in [-0.05, 0) is 24.2 Å². The molecule has 11 heavy (non-hydrogen) atoms. The van der Waals surface area contributed by atoms with Crippen molar-refractivity contribution in [1.82, 2.24) is 0 Å². The molecule has 0 saturated heterocycles. The topological polar surface area (TPSA) is 20.2 Å². The summed E-state index contributed by atoms with van der Waals surface area (Å²) in [6.07, 6.45) is 7.43. The van der Waals surface area contributed by atoms with Gasteiger partial charge in [0.05, 0.1) is 6.10 Å². The molecule has 0 aliphatic carbocycles. The Morgan fingerprint density at radius 3 is 2.18 bits per heavy atom. The second-order valence-corrected chi connectivity index (χ2v) is 4.17. The van der Waals surface area contributed by atoms with Gasteiger partial charge in [0, 0.05) is 0 Å². The van der Waals surface area contributed by atoms with Crippen LogP contribution in [0.5, 0.6) is 0 Å². The third kappa shape index (κ3) is 10.7. The fourth-order valence-electron chi connectivity index (χ4n) is 1.06. The van der Waals surface area contributed by atoms with Crippen LogP contribution in [-0.2, 0) is 0 Å². The Hall–Kier alpha value is 0.690. The summed E-state index contributed by atoms with van der Waals surface area (Å²) in [4.78, 5) is 0. The van der Waals surface area contributed by atoms with Crippen LogP contribution in [0, 0.1) is 0 Å². The monoisotopic (exact) mass is 270 g/mol. The number of unbranched alkanes of at least 4 members (excludes halogenated alkanes) is 4. The summed E-state index contributed by atoms with van der Waals surface area (Å²) >= 11 is 2.42. The molecule has 0 aliphatic rings. The van der Waals surface area contributed by atoms with E-state index in [2.05, 4.69) is 22.6 Å². The highest BCUT2D eigenvalue weighted by Gasteiger charge is 1.94. The van der Waals surface area contributed by atoms with Crippen LogP contribution in [0.2, 0.25) is 0 Å². The molecular weight excluding hydrogens is 251 g/mol. The van der Waals surface area contributed by atoms with Crippen LogP contribution in [0.15, 0.2) is 0 Å². The van der Waals surface area contributed by atoms with Gasteiger partial charge in [-0.2, -0.15) is 0 Å². The van der Waals surface area contributed by atoms with E-state index in [1.54, 1.807) is 0 Å². The van der Waals surface area contributed by atoms with Crippen molar-refractivity contribution in [3.8, 4) is 0 Å². The second-order valence-electron chi connectivity index (χ2n) is 3.09. The van der Waals surface area contributed by atoms with E-state index in [4.69, 9.17) is 5.11 Å². The van der Waals surface area contributed by atoms with Crippen LogP contribution < -0.4 is 0 Å². The lowest BCUT2D eigenvalue weighted by Crippen LogP contribution is -1.98. The van der Waals surface area contributed by atoms with E-state index >= 15 is 0 Å². The van der Waals surface area contributed by atoms with Crippen LogP contribution >= 0.6 is 22.6 Å². The van der Waals surface area contributed by atoms with Crippen LogP contribution in [0.4, 0.5) is 0 Å². The molecule has 0 rings (SSSR count). The zero-order valence-electron chi connectivity index (χ0n) is 7.35. The van der Waals surface area contributed by atoms with Crippen molar-refractivity contribution in [2.24, 2.45) is 0 Å². The van der Waals surface area contributed by atoms with Crippen molar-refractivity contribution in [2.75, 3.05) is 4.43 Å². The molecule has 1 nitrogen and oxygen atoms in total. The smallest absolute Gasteiger partial charge is 0.0512 e. The number of halogens is 1. The van der Waals surface area contributed by atoms with Gasteiger partial charge in [-0.25, -0.2) is 0 Å². The zero-order valence-corrected chi connectivity index (χ0v) is 9.51. The Morgan fingerprint density at radius 1 is 1.09 bits per heavy atom. The molecule has 2 heteroatoms. The van der Waals surface area contributed by atoms with Gasteiger partial charge in [0.15, 0.2) is 0 Å². The molecule has 0 aromatic heterocycles. The Kier molecular flexibility index (Phi) is 9.33. The van der Waals surface area contributed by atoms with E-state index in [0.717, 1.165) is 6.42 Å². The Balaban J connectivity index is 2.80. The maximum atomic E-state index is 8.95. The Bertz CT molecular complexity index is 74.0. The Labute approximate surface area is 83.7 Å². The van der Waals surface area contributed by atoms with Crippen molar-refractivity contribution in [3.63, 3.8) is 0 Å². The van der Waals surface area contributed by atoms with Gasteiger partial charge in [0.2, 0.25) is 0 Å². The first-order chi connectivity index (χ1) is 5.27. The number of hydrogen-bond acceptors (Lipinski definition) is 1. The summed E-state index contributed by atoms with van der Waals surface area (Å²) in [6, 6.07) is 0. The number of aliphatic hydroxyl groups is 1. The lowest BCUT2D eigenvalue weighted by atomic mass is 10.1. The van der Waals surface area contributed by atoms with Gasteiger partial charge in [0.25, 0.3) is 0 Å². The molecule has 0 aromatic rings. The van der Waals surface area contributed by atoms with Gasteiger partial charge in [-0.3, -0.25) is 0 Å². The van der Waals surface area contributed by atoms with E-state index in [1.165, 1.54) is 36.5 Å². The van der Waals surface area contributed by atoms with Gasteiger partial charge in [-0.1, -0.05) is 48.3 Å². The second kappa shape index (κ2) is 8.78. The molecule has 0 spiro atoms. The van der Waals surface area contributed by atoms with Crippen LogP contribution in [-0.4, -0.2) is 15.6 Å². The molecule has 1 N–H and O–H groups in total. The first kappa shape index (κ1) is 11.7. The largest absolute Gasteiger partial charge is 0.393 e. The first-order valence-corrected chi connectivity index (χ1v) is 6.04. The summed E-state index contributed by atoms with van der Waals surface area (Å²) in [7, 11) is 0. The van der Waals surface area contributed by atoms with Gasteiger partial charge in [-0.15, -0.1) is 0 Å². The van der Waals surface area contributed by atoms with E-state index in [-0.39, 0.29) is 6.10 Å². The fourth-order valence-corrected chi connectivity index (χ4v) is 1.60. The summed E-state index contributed by atoms with van der Waals surface area (Å²) in [6.45, 7) is 1.87. The number of aliphatic hydroxyl groups excluding tert-OH is 1. The van der Waals surface area contributed by atoms with Crippen molar-refractivity contribution in [3.05, 3.63) is 0 Å². The maximum Gasteiger partial charge on any atom is 0.0512 e. The Morgan fingerprint density at radius 2 is 1.64 bits per heavy atom. The zero-order chi connectivity index (χ0) is 8.53. The minimum Gasteiger partial charge on any atom is -0.393 e. The fraction of sp³-hybridized carbons (Fsp3) is 1.00. The van der Waals surface area contributed by atoms with Crippen molar-refractivity contribution >= 4 is 22.6 Å². The summed E-state index contributed by atoms with van der Waals surface area (Å²) < 4.78 is 1.29. The third-order valence-corrected chi connectivity index (χ3v) is 2.52. The van der Waals surface area contributed by atoms with Gasteiger partial charge in [0.1, 0.15) is 0 Å². The summed E-state index contributed by atoms with van der Waals surface area (Å²) in [5.41, 5.74) is 0. The predicted octanol–water partition coefficient (Wildman–Crippen LogP) is 3.14. The SMILES string of the molecule is C[C@H](O)CCCCCCCI. The number of rotatable bonds is 7. The molecule has 0 fully saturated rings. The van der Waals surface area contributed by atoms with E-state index < -0.39 is 0 Å². The molecule has 68 valence electrons. The minimum absolute atomic E-state index is 0.0976. The normalized spacial score (nSPS) is 13.4. The van der Waals surface area contributed by atoms with Crippen LogP contribution in [0.25, 0.3) is 0 Å². The number of hydrogen-bond donors (Lipinski definition) is 1. The standard InChI is InChI=1S/C9H19IO/c1-9(11)7-5-3-2-4-6-8-10/h9,11H,2-8H2,1H3/t9-/m0/s1. The molecule has 1 atom stereocenters. The highest BCUT2D eigenvalue weighted by molar-refractivity contribution is 14.1. The van der Waals surface area contributed by atoms with Gasteiger partial charge < -0.3 is 5.11 Å². The molecule has 0 bridgehead atoms. The minimum atomic E-state index is -0.0976. The first-order valence-electron chi connectivity index (χ1n) is 4.51. The average molecular weight is 270 g/mol. The van der Waals surface area contributed by atoms with E-state index in [1.807, 2.05) is 6.92 Å². The number of alkyl halides is 1.